The number of rotatable bonds is 7. The minimum Gasteiger partial charge on any atom is -0.351 e. The lowest BCUT2D eigenvalue weighted by Gasteiger charge is -2.34. The quantitative estimate of drug-likeness (QED) is 0.784. The Morgan fingerprint density at radius 1 is 1.36 bits per heavy atom. The van der Waals surface area contributed by atoms with Crippen LogP contribution in [-0.4, -0.2) is 42.0 Å². The number of hydrogen-bond donors (Lipinski definition) is 1. The Hall–Kier alpha value is -0.940. The van der Waals surface area contributed by atoms with Crippen LogP contribution in [0.3, 0.4) is 0 Å². The second-order valence-corrected chi connectivity index (χ2v) is 7.76. The van der Waals surface area contributed by atoms with Crippen molar-refractivity contribution in [1.29, 1.82) is 0 Å². The average molecular weight is 324 g/mol. The lowest BCUT2D eigenvalue weighted by atomic mass is 9.92. The number of piperidine rings is 1. The molecule has 0 bridgehead atoms. The fourth-order valence-electron chi connectivity index (χ4n) is 3.30. The molecule has 1 aromatic heterocycles. The van der Waals surface area contributed by atoms with Crippen LogP contribution in [0.5, 0.6) is 0 Å². The van der Waals surface area contributed by atoms with Gasteiger partial charge in [0, 0.05) is 19.6 Å². The number of amides is 1. The zero-order valence-corrected chi connectivity index (χ0v) is 14.9. The minimum absolute atomic E-state index is 0.0254. The molecule has 0 radical (unpaired) electrons. The van der Waals surface area contributed by atoms with E-state index < -0.39 is 0 Å². The molecule has 1 aliphatic rings. The molecule has 1 N–H and O–H groups in total. The van der Waals surface area contributed by atoms with Gasteiger partial charge >= 0.3 is 0 Å². The largest absolute Gasteiger partial charge is 0.351 e. The lowest BCUT2D eigenvalue weighted by molar-refractivity contribution is 0.0955. The number of aromatic nitrogens is 1. The van der Waals surface area contributed by atoms with E-state index in [1.54, 1.807) is 6.20 Å². The average Bonchev–Trinajstić information content (AvgIpc) is 2.94. The summed E-state index contributed by atoms with van der Waals surface area (Å²) in [6.45, 7) is 11.1. The van der Waals surface area contributed by atoms with E-state index in [4.69, 9.17) is 0 Å². The molecular weight excluding hydrogens is 294 g/mol. The van der Waals surface area contributed by atoms with Gasteiger partial charge in [-0.25, -0.2) is 4.98 Å². The summed E-state index contributed by atoms with van der Waals surface area (Å²) in [5.74, 6) is 1.67. The van der Waals surface area contributed by atoms with Crippen molar-refractivity contribution in [2.75, 3.05) is 26.2 Å². The van der Waals surface area contributed by atoms with E-state index in [-0.39, 0.29) is 5.91 Å². The molecule has 2 atom stereocenters. The van der Waals surface area contributed by atoms with Crippen LogP contribution in [0.2, 0.25) is 0 Å². The smallest absolute Gasteiger partial charge is 0.263 e. The molecule has 124 valence electrons. The molecule has 0 aromatic carbocycles. The Bertz CT molecular complexity index is 464. The van der Waals surface area contributed by atoms with Crippen LogP contribution in [0, 0.1) is 11.8 Å². The van der Waals surface area contributed by atoms with Gasteiger partial charge in [0.05, 0.1) is 11.2 Å². The molecule has 1 saturated heterocycles. The van der Waals surface area contributed by atoms with Gasteiger partial charge < -0.3 is 10.2 Å². The summed E-state index contributed by atoms with van der Waals surface area (Å²) in [6.07, 6.45) is 6.15. The Morgan fingerprint density at radius 2 is 2.09 bits per heavy atom. The third kappa shape index (κ3) is 5.36. The van der Waals surface area contributed by atoms with E-state index >= 15 is 0 Å². The molecule has 5 heteroatoms. The summed E-state index contributed by atoms with van der Waals surface area (Å²) in [6, 6.07) is 0. The Balaban J connectivity index is 1.60. The van der Waals surface area contributed by atoms with Crippen molar-refractivity contribution < 1.29 is 4.79 Å². The molecule has 0 spiro atoms. The molecule has 1 fully saturated rings. The summed E-state index contributed by atoms with van der Waals surface area (Å²) >= 11 is 1.50. The maximum absolute atomic E-state index is 12.0. The van der Waals surface area contributed by atoms with E-state index in [0.29, 0.717) is 0 Å². The van der Waals surface area contributed by atoms with Crippen LogP contribution >= 0.6 is 11.3 Å². The monoisotopic (exact) mass is 323 g/mol. The van der Waals surface area contributed by atoms with Gasteiger partial charge in [-0.1, -0.05) is 20.8 Å². The highest BCUT2D eigenvalue weighted by molar-refractivity contribution is 7.13. The zero-order valence-electron chi connectivity index (χ0n) is 14.1. The van der Waals surface area contributed by atoms with E-state index in [0.717, 1.165) is 54.1 Å². The standard InChI is InChI=1S/C17H29N3OS/c1-4-16-19-10-15(22-16)17(21)18-7-5-6-8-20-11-13(2)9-14(3)12-20/h10,13-14H,4-9,11-12H2,1-3H3,(H,18,21). The van der Waals surface area contributed by atoms with Crippen molar-refractivity contribution in [2.45, 2.75) is 46.5 Å². The molecule has 22 heavy (non-hydrogen) atoms. The van der Waals surface area contributed by atoms with Crippen LogP contribution < -0.4 is 5.32 Å². The number of thiazole rings is 1. The fourth-order valence-corrected chi connectivity index (χ4v) is 4.08. The predicted molar refractivity (Wildman–Crippen MR) is 92.4 cm³/mol. The van der Waals surface area contributed by atoms with Gasteiger partial charge in [-0.2, -0.15) is 0 Å². The normalized spacial score (nSPS) is 22.7. The van der Waals surface area contributed by atoms with E-state index in [2.05, 4.69) is 36.0 Å². The van der Waals surface area contributed by atoms with Crippen molar-refractivity contribution in [2.24, 2.45) is 11.8 Å². The van der Waals surface area contributed by atoms with Crippen molar-refractivity contribution in [3.05, 3.63) is 16.1 Å². The summed E-state index contributed by atoms with van der Waals surface area (Å²) in [5, 5.41) is 4.03. The number of carbonyl (C=O) groups is 1. The Labute approximate surface area is 138 Å². The topological polar surface area (TPSA) is 45.2 Å². The van der Waals surface area contributed by atoms with Gasteiger partial charge in [0.2, 0.25) is 0 Å². The molecular formula is C17H29N3OS. The third-order valence-corrected chi connectivity index (χ3v) is 5.35. The van der Waals surface area contributed by atoms with Crippen molar-refractivity contribution in [1.82, 2.24) is 15.2 Å². The molecule has 4 nitrogen and oxygen atoms in total. The number of carbonyl (C=O) groups excluding carboxylic acids is 1. The van der Waals surface area contributed by atoms with Gasteiger partial charge in [-0.15, -0.1) is 11.3 Å². The van der Waals surface area contributed by atoms with Gasteiger partial charge in [0.25, 0.3) is 5.91 Å². The summed E-state index contributed by atoms with van der Waals surface area (Å²) in [7, 11) is 0. The maximum Gasteiger partial charge on any atom is 0.263 e. The highest BCUT2D eigenvalue weighted by atomic mass is 32.1. The highest BCUT2D eigenvalue weighted by Crippen LogP contribution is 2.21. The number of hydrogen-bond acceptors (Lipinski definition) is 4. The van der Waals surface area contributed by atoms with Crippen LogP contribution in [0.25, 0.3) is 0 Å². The molecule has 2 unspecified atom stereocenters. The molecule has 0 saturated carbocycles. The number of unbranched alkanes of at least 4 members (excludes halogenated alkanes) is 1. The van der Waals surface area contributed by atoms with Crippen LogP contribution in [0.1, 0.15) is 54.7 Å². The van der Waals surface area contributed by atoms with Gasteiger partial charge in [0.1, 0.15) is 4.88 Å². The first-order valence-corrected chi connectivity index (χ1v) is 9.35. The van der Waals surface area contributed by atoms with Gasteiger partial charge in [-0.05, 0) is 44.1 Å². The Morgan fingerprint density at radius 3 is 2.73 bits per heavy atom. The number of aryl methyl sites for hydroxylation is 1. The highest BCUT2D eigenvalue weighted by Gasteiger charge is 2.20. The predicted octanol–water partition coefficient (Wildman–Crippen LogP) is 3.19. The van der Waals surface area contributed by atoms with Crippen LogP contribution in [0.4, 0.5) is 0 Å². The molecule has 1 aliphatic heterocycles. The molecule has 1 aromatic rings. The molecule has 1 amide bonds. The minimum atomic E-state index is 0.0254. The second-order valence-electron chi connectivity index (χ2n) is 6.64. The van der Waals surface area contributed by atoms with Crippen molar-refractivity contribution in [3.63, 3.8) is 0 Å². The second kappa shape index (κ2) is 8.63. The number of likely N-dealkylation sites (tertiary alicyclic amines) is 1. The summed E-state index contributed by atoms with van der Waals surface area (Å²) in [5.41, 5.74) is 0. The molecule has 2 rings (SSSR count). The summed E-state index contributed by atoms with van der Waals surface area (Å²) in [4.78, 5) is 19.5. The molecule has 0 aliphatic carbocycles. The Kier molecular flexibility index (Phi) is 6.83. The van der Waals surface area contributed by atoms with Gasteiger partial charge in [0.15, 0.2) is 0 Å². The van der Waals surface area contributed by atoms with E-state index in [1.807, 2.05) is 0 Å². The zero-order chi connectivity index (χ0) is 15.9. The summed E-state index contributed by atoms with van der Waals surface area (Å²) < 4.78 is 0. The number of nitrogens with one attached hydrogen (secondary N) is 1. The number of nitrogens with zero attached hydrogens (tertiary/aromatic N) is 2. The van der Waals surface area contributed by atoms with E-state index in [1.165, 1.54) is 30.8 Å². The van der Waals surface area contributed by atoms with Crippen molar-refractivity contribution in [3.8, 4) is 0 Å². The van der Waals surface area contributed by atoms with Crippen LogP contribution in [-0.2, 0) is 6.42 Å². The lowest BCUT2D eigenvalue weighted by Crippen LogP contribution is -2.39. The first-order chi connectivity index (χ1) is 10.6. The fraction of sp³-hybridized carbons (Fsp3) is 0.765. The van der Waals surface area contributed by atoms with E-state index in [9.17, 15) is 4.79 Å². The van der Waals surface area contributed by atoms with Crippen molar-refractivity contribution >= 4 is 17.2 Å². The van der Waals surface area contributed by atoms with Gasteiger partial charge in [-0.3, -0.25) is 4.79 Å². The SMILES string of the molecule is CCc1ncc(C(=O)NCCCCN2CC(C)CC(C)C2)s1. The third-order valence-electron chi connectivity index (χ3n) is 4.21. The molecule has 2 heterocycles. The first kappa shape index (κ1) is 17.4. The first-order valence-electron chi connectivity index (χ1n) is 8.53. The maximum atomic E-state index is 12.0. The van der Waals surface area contributed by atoms with Crippen LogP contribution in [0.15, 0.2) is 6.20 Å².